The van der Waals surface area contributed by atoms with Gasteiger partial charge in [-0.1, -0.05) is 58.9 Å². The molecule has 0 aliphatic carbocycles. The summed E-state index contributed by atoms with van der Waals surface area (Å²) in [5.41, 5.74) is 4.07. The molecule has 0 aromatic heterocycles. The molecule has 1 heterocycles. The molecule has 7 heteroatoms. The van der Waals surface area contributed by atoms with Crippen LogP contribution in [0, 0.1) is 0 Å². The first-order chi connectivity index (χ1) is 16.5. The topological polar surface area (TPSA) is 30.5 Å². The predicted molar refractivity (Wildman–Crippen MR) is 160 cm³/mol. The smallest absolute Gasteiger partial charge is 0.0489 e. The number of anilines is 2. The normalized spacial score (nSPS) is 16.2. The molecule has 1 aliphatic heterocycles. The summed E-state index contributed by atoms with van der Waals surface area (Å²) < 4.78 is 2.43. The average molecular weight is 517 g/mol. The lowest BCUT2D eigenvalue weighted by atomic mass is 10.1. The second-order valence-corrected chi connectivity index (χ2v) is 13.7. The Morgan fingerprint density at radius 2 is 1.74 bits per heavy atom. The molecule has 1 atom stereocenters. The van der Waals surface area contributed by atoms with E-state index in [4.69, 9.17) is 11.2 Å². The Hall–Kier alpha value is -1.51. The fourth-order valence-corrected chi connectivity index (χ4v) is 8.03. The largest absolute Gasteiger partial charge is 0.383 e. The molecule has 0 spiro atoms. The molecule has 2 aromatic carbocycles. The van der Waals surface area contributed by atoms with Crippen molar-refractivity contribution < 1.29 is 0 Å². The molecule has 1 unspecified atom stereocenters. The number of benzene rings is 2. The average Bonchev–Trinajstić information content (AvgIpc) is 2.85. The van der Waals surface area contributed by atoms with Crippen molar-refractivity contribution in [2.75, 3.05) is 61.4 Å². The van der Waals surface area contributed by atoms with Crippen molar-refractivity contribution in [3.8, 4) is 0 Å². The van der Waals surface area contributed by atoms with Crippen LogP contribution in [-0.2, 0) is 19.6 Å². The van der Waals surface area contributed by atoms with Gasteiger partial charge in [-0.2, -0.15) is 11.8 Å². The molecule has 0 radical (unpaired) electrons. The highest BCUT2D eigenvalue weighted by Gasteiger charge is 2.21. The number of nitrogens with zero attached hydrogens (tertiary/aromatic N) is 2. The Morgan fingerprint density at radius 1 is 1.06 bits per heavy atom. The van der Waals surface area contributed by atoms with Gasteiger partial charge in [0.2, 0.25) is 0 Å². The van der Waals surface area contributed by atoms with Crippen LogP contribution in [0.5, 0.6) is 0 Å². The molecule has 2 N–H and O–H groups in total. The zero-order valence-electron chi connectivity index (χ0n) is 20.7. The molecule has 3 rings (SSSR count). The van der Waals surface area contributed by atoms with Crippen molar-refractivity contribution in [3.05, 3.63) is 60.7 Å². The predicted octanol–water partition coefficient (Wildman–Crippen LogP) is 5.67. The Balaban J connectivity index is 1.84. The first-order valence-corrected chi connectivity index (χ1v) is 16.1. The number of hydrogen-bond acceptors (Lipinski definition) is 5. The lowest BCUT2D eigenvalue weighted by Crippen LogP contribution is -2.37. The van der Waals surface area contributed by atoms with E-state index >= 15 is 0 Å². The van der Waals surface area contributed by atoms with Crippen molar-refractivity contribution in [2.45, 2.75) is 31.6 Å². The quantitative estimate of drug-likeness (QED) is 0.334. The van der Waals surface area contributed by atoms with E-state index in [1.54, 1.807) is 0 Å². The highest BCUT2D eigenvalue weighted by molar-refractivity contribution is 8.36. The summed E-state index contributed by atoms with van der Waals surface area (Å²) in [6.07, 6.45) is 2.36. The van der Waals surface area contributed by atoms with Gasteiger partial charge in [-0.05, 0) is 66.9 Å². The number of thioether (sulfide) groups is 1. The van der Waals surface area contributed by atoms with Crippen molar-refractivity contribution in [1.82, 2.24) is 9.21 Å². The van der Waals surface area contributed by atoms with Gasteiger partial charge in [-0.15, -0.1) is 0 Å². The minimum absolute atomic E-state index is 0.871. The molecule has 4 nitrogen and oxygen atoms in total. The molecular weight excluding hydrogens is 477 g/mol. The van der Waals surface area contributed by atoms with Gasteiger partial charge in [-0.3, -0.25) is 0 Å². The lowest BCUT2D eigenvalue weighted by Gasteiger charge is -2.33. The lowest BCUT2D eigenvalue weighted by molar-refractivity contribution is 0.285. The third kappa shape index (κ3) is 7.49. The first kappa shape index (κ1) is 27.1. The Labute approximate surface area is 216 Å². The van der Waals surface area contributed by atoms with E-state index in [1.165, 1.54) is 12.8 Å². The number of para-hydroxylation sites is 1. The minimum Gasteiger partial charge on any atom is -0.383 e. The SMILES string of the molecule is C=C(Nc1ccccc1)c1ccc(NCCN(CCC)CCC)c(S(=C)(=S)N2CCSCC2)c1. The maximum atomic E-state index is 6.27. The van der Waals surface area contributed by atoms with Crippen LogP contribution >= 0.6 is 11.8 Å². The Kier molecular flexibility index (Phi) is 10.8. The molecule has 0 saturated carbocycles. The van der Waals surface area contributed by atoms with Gasteiger partial charge in [0.25, 0.3) is 0 Å². The third-order valence-electron chi connectivity index (χ3n) is 5.95. The van der Waals surface area contributed by atoms with E-state index < -0.39 is 8.36 Å². The molecular formula is C27H40N4S3. The number of nitrogens with one attached hydrogen (secondary N) is 2. The minimum atomic E-state index is -1.78. The van der Waals surface area contributed by atoms with Crippen LogP contribution in [0.2, 0.25) is 0 Å². The monoisotopic (exact) mass is 516 g/mol. The fraction of sp³-hybridized carbons (Fsp3) is 0.444. The molecule has 1 saturated heterocycles. The summed E-state index contributed by atoms with van der Waals surface area (Å²) in [6.45, 7) is 15.0. The Morgan fingerprint density at radius 3 is 2.38 bits per heavy atom. The van der Waals surface area contributed by atoms with E-state index in [0.717, 1.165) is 78.3 Å². The van der Waals surface area contributed by atoms with Crippen LogP contribution in [0.15, 0.2) is 60.0 Å². The van der Waals surface area contributed by atoms with Gasteiger partial charge < -0.3 is 15.5 Å². The summed E-state index contributed by atoms with van der Waals surface area (Å²) in [5.74, 6) is 6.86. The maximum Gasteiger partial charge on any atom is 0.0489 e. The van der Waals surface area contributed by atoms with E-state index in [0.29, 0.717) is 0 Å². The van der Waals surface area contributed by atoms with Gasteiger partial charge in [0, 0.05) is 59.7 Å². The van der Waals surface area contributed by atoms with Crippen LogP contribution in [0.3, 0.4) is 0 Å². The maximum absolute atomic E-state index is 6.27. The molecule has 1 aliphatic rings. The summed E-state index contributed by atoms with van der Waals surface area (Å²) in [6, 6.07) is 16.7. The van der Waals surface area contributed by atoms with E-state index in [1.807, 2.05) is 30.0 Å². The zero-order valence-corrected chi connectivity index (χ0v) is 23.2. The highest BCUT2D eigenvalue weighted by atomic mass is 32.8. The molecule has 0 bridgehead atoms. The summed E-state index contributed by atoms with van der Waals surface area (Å²) >= 11 is 8.27. The van der Waals surface area contributed by atoms with Crippen LogP contribution in [0.25, 0.3) is 5.70 Å². The second kappa shape index (κ2) is 13.5. The first-order valence-electron chi connectivity index (χ1n) is 12.3. The van der Waals surface area contributed by atoms with Crippen molar-refractivity contribution in [3.63, 3.8) is 0 Å². The van der Waals surface area contributed by atoms with Crippen molar-refractivity contribution >= 4 is 54.3 Å². The van der Waals surface area contributed by atoms with Crippen LogP contribution in [0.4, 0.5) is 11.4 Å². The molecule has 2 aromatic rings. The van der Waals surface area contributed by atoms with Gasteiger partial charge in [-0.25, -0.2) is 4.31 Å². The number of rotatable bonds is 13. The van der Waals surface area contributed by atoms with Gasteiger partial charge >= 0.3 is 0 Å². The number of hydrogen-bond donors (Lipinski definition) is 2. The fourth-order valence-electron chi connectivity index (χ4n) is 4.19. The van der Waals surface area contributed by atoms with E-state index in [9.17, 15) is 0 Å². The van der Waals surface area contributed by atoms with E-state index in [2.05, 4.69) is 76.5 Å². The zero-order chi connectivity index (χ0) is 24.4. The van der Waals surface area contributed by atoms with E-state index in [-0.39, 0.29) is 0 Å². The molecule has 1 fully saturated rings. The van der Waals surface area contributed by atoms with Crippen LogP contribution in [-0.4, -0.2) is 65.8 Å². The third-order valence-corrected chi connectivity index (χ3v) is 10.3. The highest BCUT2D eigenvalue weighted by Crippen LogP contribution is 2.30. The van der Waals surface area contributed by atoms with Crippen LogP contribution in [0.1, 0.15) is 32.3 Å². The second-order valence-electron chi connectivity index (χ2n) is 8.63. The van der Waals surface area contributed by atoms with Crippen molar-refractivity contribution in [1.29, 1.82) is 0 Å². The van der Waals surface area contributed by atoms with Crippen molar-refractivity contribution in [2.24, 2.45) is 0 Å². The molecule has 186 valence electrons. The molecule has 34 heavy (non-hydrogen) atoms. The van der Waals surface area contributed by atoms with Gasteiger partial charge in [0.1, 0.15) is 0 Å². The van der Waals surface area contributed by atoms with Gasteiger partial charge in [0.15, 0.2) is 0 Å². The van der Waals surface area contributed by atoms with Crippen LogP contribution < -0.4 is 10.6 Å². The summed E-state index contributed by atoms with van der Waals surface area (Å²) in [4.78, 5) is 3.67. The summed E-state index contributed by atoms with van der Waals surface area (Å²) in [7, 11) is -1.78. The Bertz CT molecular complexity index is 1010. The summed E-state index contributed by atoms with van der Waals surface area (Å²) in [5, 5.41) is 7.15. The standard InChI is InChI=1S/C27H40N4S3/c1-5-15-30(16-6-2)17-14-28-26-13-12-24(23(3)29-25-10-8-7-9-11-25)22-27(26)34(4,32)31-18-20-33-21-19-31/h7-13,22,28-29H,3-6,14-21H2,1-2H3. The molecule has 0 amide bonds. The van der Waals surface area contributed by atoms with Gasteiger partial charge in [0.05, 0.1) is 0 Å².